The molecule has 0 bridgehead atoms. The summed E-state index contributed by atoms with van der Waals surface area (Å²) in [6.45, 7) is 4.23. The topological polar surface area (TPSA) is 30.0 Å². The van der Waals surface area contributed by atoms with Gasteiger partial charge in [-0.25, -0.2) is 4.98 Å². The molecule has 0 aliphatic rings. The van der Waals surface area contributed by atoms with E-state index in [1.165, 1.54) is 11.3 Å². The highest BCUT2D eigenvalue weighted by atomic mass is 32.1. The molecule has 0 N–H and O–H groups in total. The lowest BCUT2D eigenvalue weighted by Gasteiger charge is -2.10. The second kappa shape index (κ2) is 5.91. The van der Waals surface area contributed by atoms with E-state index in [-0.39, 0.29) is 11.7 Å². The minimum atomic E-state index is 0.182. The van der Waals surface area contributed by atoms with Crippen molar-refractivity contribution in [1.29, 1.82) is 0 Å². The lowest BCUT2D eigenvalue weighted by atomic mass is 9.95. The Bertz CT molecular complexity index is 269. The fourth-order valence-electron chi connectivity index (χ4n) is 1.49. The molecule has 1 aromatic rings. The van der Waals surface area contributed by atoms with Crippen LogP contribution >= 0.6 is 11.3 Å². The van der Waals surface area contributed by atoms with Crippen molar-refractivity contribution in [2.24, 2.45) is 5.92 Å². The predicted molar refractivity (Wildman–Crippen MR) is 59.8 cm³/mol. The minimum Gasteiger partial charge on any atom is -0.291 e. The van der Waals surface area contributed by atoms with Crippen LogP contribution in [-0.4, -0.2) is 10.8 Å². The number of carbonyl (C=O) groups excluding carboxylic acids is 1. The van der Waals surface area contributed by atoms with E-state index < -0.39 is 0 Å². The van der Waals surface area contributed by atoms with E-state index in [1.54, 1.807) is 6.20 Å². The van der Waals surface area contributed by atoms with Crippen LogP contribution < -0.4 is 0 Å². The highest BCUT2D eigenvalue weighted by molar-refractivity contribution is 7.11. The minimum absolute atomic E-state index is 0.182. The summed E-state index contributed by atoms with van der Waals surface area (Å²) < 4.78 is 0. The number of unbranched alkanes of at least 4 members (excludes halogenated alkanes) is 1. The van der Waals surface area contributed by atoms with Gasteiger partial charge in [-0.2, -0.15) is 0 Å². The van der Waals surface area contributed by atoms with E-state index in [0.29, 0.717) is 5.01 Å². The van der Waals surface area contributed by atoms with E-state index in [4.69, 9.17) is 0 Å². The molecule has 0 spiro atoms. The number of hydrogen-bond acceptors (Lipinski definition) is 3. The SMILES string of the molecule is CCCCC(CC)C(=O)c1nccs1. The Balaban J connectivity index is 2.56. The Labute approximate surface area is 89.4 Å². The van der Waals surface area contributed by atoms with Gasteiger partial charge in [0.25, 0.3) is 0 Å². The van der Waals surface area contributed by atoms with E-state index in [9.17, 15) is 4.79 Å². The molecular formula is C11H17NOS. The second-order valence-electron chi connectivity index (χ2n) is 3.45. The molecule has 14 heavy (non-hydrogen) atoms. The van der Waals surface area contributed by atoms with Crippen LogP contribution in [-0.2, 0) is 0 Å². The zero-order valence-corrected chi connectivity index (χ0v) is 9.64. The molecule has 1 heterocycles. The van der Waals surface area contributed by atoms with Gasteiger partial charge in [-0.3, -0.25) is 4.79 Å². The van der Waals surface area contributed by atoms with Crippen LogP contribution in [0.15, 0.2) is 11.6 Å². The van der Waals surface area contributed by atoms with E-state index in [2.05, 4.69) is 18.8 Å². The summed E-state index contributed by atoms with van der Waals surface area (Å²) in [6, 6.07) is 0. The number of hydrogen-bond donors (Lipinski definition) is 0. The van der Waals surface area contributed by atoms with Crippen LogP contribution in [0.2, 0.25) is 0 Å². The maximum atomic E-state index is 11.9. The van der Waals surface area contributed by atoms with Crippen LogP contribution in [0.3, 0.4) is 0 Å². The molecule has 0 aliphatic heterocycles. The molecule has 0 aliphatic carbocycles. The number of ketones is 1. The Hall–Kier alpha value is -0.700. The van der Waals surface area contributed by atoms with Gasteiger partial charge in [-0.05, 0) is 12.8 Å². The maximum Gasteiger partial charge on any atom is 0.194 e. The lowest BCUT2D eigenvalue weighted by Crippen LogP contribution is -2.13. The van der Waals surface area contributed by atoms with Gasteiger partial charge in [0, 0.05) is 17.5 Å². The first-order chi connectivity index (χ1) is 6.79. The summed E-state index contributed by atoms with van der Waals surface area (Å²) in [4.78, 5) is 16.0. The standard InChI is InChI=1S/C11H17NOS/c1-3-5-6-9(4-2)10(13)11-12-7-8-14-11/h7-9H,3-6H2,1-2H3. The Kier molecular flexibility index (Phi) is 4.80. The quantitative estimate of drug-likeness (QED) is 0.674. The first-order valence-corrected chi connectivity index (χ1v) is 6.11. The Morgan fingerprint density at radius 3 is 2.86 bits per heavy atom. The third kappa shape index (κ3) is 2.91. The monoisotopic (exact) mass is 211 g/mol. The molecule has 0 aromatic carbocycles. The van der Waals surface area contributed by atoms with Gasteiger partial charge in [-0.15, -0.1) is 11.3 Å². The smallest absolute Gasteiger partial charge is 0.194 e. The van der Waals surface area contributed by atoms with Gasteiger partial charge in [-0.1, -0.05) is 26.7 Å². The summed E-state index contributed by atoms with van der Waals surface area (Å²) in [5.41, 5.74) is 0. The van der Waals surface area contributed by atoms with Crippen LogP contribution in [0.5, 0.6) is 0 Å². The molecule has 1 unspecified atom stereocenters. The first-order valence-electron chi connectivity index (χ1n) is 5.23. The number of nitrogens with zero attached hydrogens (tertiary/aromatic N) is 1. The summed E-state index contributed by atoms with van der Waals surface area (Å²) in [5, 5.41) is 2.53. The third-order valence-electron chi connectivity index (χ3n) is 2.41. The van der Waals surface area contributed by atoms with Crippen LogP contribution in [0.1, 0.15) is 49.3 Å². The van der Waals surface area contributed by atoms with Crippen molar-refractivity contribution >= 4 is 17.1 Å². The van der Waals surface area contributed by atoms with Crippen molar-refractivity contribution in [2.45, 2.75) is 39.5 Å². The molecule has 1 rings (SSSR count). The van der Waals surface area contributed by atoms with Crippen molar-refractivity contribution in [1.82, 2.24) is 4.98 Å². The molecule has 0 saturated heterocycles. The van der Waals surface area contributed by atoms with E-state index >= 15 is 0 Å². The maximum absolute atomic E-state index is 11.9. The normalized spacial score (nSPS) is 12.7. The zero-order valence-electron chi connectivity index (χ0n) is 8.82. The fourth-order valence-corrected chi connectivity index (χ4v) is 2.15. The highest BCUT2D eigenvalue weighted by Gasteiger charge is 2.19. The summed E-state index contributed by atoms with van der Waals surface area (Å²) >= 11 is 1.45. The van der Waals surface area contributed by atoms with Gasteiger partial charge in [0.2, 0.25) is 0 Å². The summed E-state index contributed by atoms with van der Waals surface area (Å²) in [5.74, 6) is 0.414. The van der Waals surface area contributed by atoms with Crippen molar-refractivity contribution in [3.8, 4) is 0 Å². The van der Waals surface area contributed by atoms with E-state index in [1.807, 2.05) is 5.38 Å². The van der Waals surface area contributed by atoms with Crippen LogP contribution in [0.4, 0.5) is 0 Å². The zero-order chi connectivity index (χ0) is 10.4. The second-order valence-corrected chi connectivity index (χ2v) is 4.34. The lowest BCUT2D eigenvalue weighted by molar-refractivity contribution is 0.0908. The molecule has 78 valence electrons. The van der Waals surface area contributed by atoms with Crippen molar-refractivity contribution < 1.29 is 4.79 Å². The number of carbonyl (C=O) groups is 1. The highest BCUT2D eigenvalue weighted by Crippen LogP contribution is 2.19. The molecule has 0 amide bonds. The van der Waals surface area contributed by atoms with Gasteiger partial charge in [0.1, 0.15) is 0 Å². The number of thiazole rings is 1. The number of Topliss-reactive ketones (excluding diaryl/α,β-unsaturated/α-hetero) is 1. The Morgan fingerprint density at radius 1 is 1.57 bits per heavy atom. The van der Waals surface area contributed by atoms with Crippen molar-refractivity contribution in [2.75, 3.05) is 0 Å². The molecule has 0 radical (unpaired) electrons. The largest absolute Gasteiger partial charge is 0.291 e. The van der Waals surface area contributed by atoms with E-state index in [0.717, 1.165) is 25.7 Å². The molecular weight excluding hydrogens is 194 g/mol. The van der Waals surface area contributed by atoms with Crippen LogP contribution in [0.25, 0.3) is 0 Å². The summed E-state index contributed by atoms with van der Waals surface area (Å²) in [7, 11) is 0. The molecule has 1 aromatic heterocycles. The molecule has 0 saturated carbocycles. The third-order valence-corrected chi connectivity index (χ3v) is 3.20. The molecule has 2 nitrogen and oxygen atoms in total. The van der Waals surface area contributed by atoms with Gasteiger partial charge < -0.3 is 0 Å². The van der Waals surface area contributed by atoms with Crippen molar-refractivity contribution in [3.05, 3.63) is 16.6 Å². The average Bonchev–Trinajstić information content (AvgIpc) is 2.71. The molecule has 1 atom stereocenters. The fraction of sp³-hybridized carbons (Fsp3) is 0.636. The molecule has 0 fully saturated rings. The average molecular weight is 211 g/mol. The Morgan fingerprint density at radius 2 is 2.36 bits per heavy atom. The van der Waals surface area contributed by atoms with Gasteiger partial charge in [0.15, 0.2) is 10.8 Å². The number of rotatable bonds is 6. The van der Waals surface area contributed by atoms with Gasteiger partial charge in [0.05, 0.1) is 0 Å². The summed E-state index contributed by atoms with van der Waals surface area (Å²) in [6.07, 6.45) is 5.92. The number of aromatic nitrogens is 1. The molecule has 3 heteroatoms. The van der Waals surface area contributed by atoms with Crippen molar-refractivity contribution in [3.63, 3.8) is 0 Å². The predicted octanol–water partition coefficient (Wildman–Crippen LogP) is 3.54. The van der Waals surface area contributed by atoms with Crippen LogP contribution in [0, 0.1) is 5.92 Å². The first kappa shape index (κ1) is 11.4. The van der Waals surface area contributed by atoms with Gasteiger partial charge >= 0.3 is 0 Å².